The van der Waals surface area contributed by atoms with Gasteiger partial charge >= 0.3 is 0 Å². The molecule has 0 saturated heterocycles. The van der Waals surface area contributed by atoms with Crippen LogP contribution >= 0.6 is 0 Å². The third kappa shape index (κ3) is 2.82. The van der Waals surface area contributed by atoms with Gasteiger partial charge in [-0.15, -0.1) is 0 Å². The van der Waals surface area contributed by atoms with Crippen LogP contribution in [0.4, 0.5) is 0 Å². The van der Waals surface area contributed by atoms with E-state index in [4.69, 9.17) is 0 Å². The number of nitrogens with one attached hydrogen (secondary N) is 1. The van der Waals surface area contributed by atoms with Crippen molar-refractivity contribution in [2.45, 2.75) is 64.8 Å². The molecule has 21 heavy (non-hydrogen) atoms. The van der Waals surface area contributed by atoms with Crippen molar-refractivity contribution in [3.63, 3.8) is 0 Å². The van der Waals surface area contributed by atoms with Gasteiger partial charge in [-0.1, -0.05) is 13.8 Å². The number of carboxylic acid groups (broad SMARTS) is 1. The van der Waals surface area contributed by atoms with Gasteiger partial charge in [-0.3, -0.25) is 4.79 Å². The molecule has 0 aliphatic heterocycles. The van der Waals surface area contributed by atoms with Gasteiger partial charge in [0.05, 0.1) is 12.0 Å². The van der Waals surface area contributed by atoms with E-state index in [9.17, 15) is 14.7 Å². The third-order valence-electron chi connectivity index (χ3n) is 5.82. The van der Waals surface area contributed by atoms with Gasteiger partial charge < -0.3 is 15.2 Å². The van der Waals surface area contributed by atoms with Gasteiger partial charge in [0, 0.05) is 5.41 Å². The van der Waals surface area contributed by atoms with Gasteiger partial charge in [0.1, 0.15) is 0 Å². The topological polar surface area (TPSA) is 69.2 Å². The van der Waals surface area contributed by atoms with Crippen molar-refractivity contribution < 1.29 is 14.7 Å². The highest BCUT2D eigenvalue weighted by molar-refractivity contribution is 5.87. The van der Waals surface area contributed by atoms with E-state index in [2.05, 4.69) is 5.32 Å². The summed E-state index contributed by atoms with van der Waals surface area (Å²) in [5.74, 6) is 1.12. The molecule has 0 aromatic heterocycles. The number of aliphatic carboxylic acids is 1. The van der Waals surface area contributed by atoms with Gasteiger partial charge in [0.2, 0.25) is 5.91 Å². The number of carbonyl (C=O) groups is 2. The van der Waals surface area contributed by atoms with Gasteiger partial charge in [-0.2, -0.15) is 0 Å². The number of hydrogen-bond acceptors (Lipinski definition) is 3. The normalized spacial score (nSPS) is 38.5. The zero-order valence-electron chi connectivity index (χ0n) is 13.1. The van der Waals surface area contributed by atoms with Gasteiger partial charge in [0.15, 0.2) is 0 Å². The maximum Gasteiger partial charge on any atom is 0.226 e. The predicted octanol–water partition coefficient (Wildman–Crippen LogP) is 1.48. The molecule has 0 aromatic rings. The van der Waals surface area contributed by atoms with Crippen molar-refractivity contribution in [2.24, 2.45) is 29.1 Å². The van der Waals surface area contributed by atoms with Crippen LogP contribution in [-0.2, 0) is 9.59 Å². The zero-order chi connectivity index (χ0) is 15.2. The van der Waals surface area contributed by atoms with Crippen LogP contribution < -0.4 is 10.4 Å². The second-order valence-electron chi connectivity index (χ2n) is 8.17. The summed E-state index contributed by atoms with van der Waals surface area (Å²) in [6, 6.07) is -0.842. The first-order chi connectivity index (χ1) is 9.88. The molecule has 0 radical (unpaired) electrons. The second-order valence-corrected chi connectivity index (χ2v) is 8.17. The molecule has 4 bridgehead atoms. The SMILES string of the molecule is CC(C)C[C@@H](NC(=O)C12CC3CC(CC(C3)C1)C2)C(=O)[O-]. The first-order valence-electron chi connectivity index (χ1n) is 8.40. The molecule has 4 heteroatoms. The Hall–Kier alpha value is -1.06. The molecular formula is C17H26NO3-. The number of amides is 1. The zero-order valence-corrected chi connectivity index (χ0v) is 13.1. The maximum atomic E-state index is 12.8. The average Bonchev–Trinajstić information content (AvgIpc) is 2.35. The molecule has 4 saturated carbocycles. The van der Waals surface area contributed by atoms with Crippen LogP contribution in [0.1, 0.15) is 58.8 Å². The molecule has 1 amide bonds. The molecule has 4 rings (SSSR count). The molecule has 0 heterocycles. The number of carboxylic acids is 1. The van der Waals surface area contributed by atoms with E-state index in [1.54, 1.807) is 0 Å². The fourth-order valence-corrected chi connectivity index (χ4v) is 5.39. The van der Waals surface area contributed by atoms with Crippen molar-refractivity contribution in [2.75, 3.05) is 0 Å². The van der Waals surface area contributed by atoms with Crippen LogP contribution in [0, 0.1) is 29.1 Å². The highest BCUT2D eigenvalue weighted by atomic mass is 16.4. The monoisotopic (exact) mass is 292 g/mol. The molecular weight excluding hydrogens is 266 g/mol. The van der Waals surface area contributed by atoms with Crippen molar-refractivity contribution in [3.8, 4) is 0 Å². The van der Waals surface area contributed by atoms with Crippen molar-refractivity contribution in [1.82, 2.24) is 5.32 Å². The number of hydrogen-bond donors (Lipinski definition) is 1. The lowest BCUT2D eigenvalue weighted by molar-refractivity contribution is -0.308. The Morgan fingerprint density at radius 1 is 1.10 bits per heavy atom. The Morgan fingerprint density at radius 3 is 1.95 bits per heavy atom. The van der Waals surface area contributed by atoms with Crippen molar-refractivity contribution in [3.05, 3.63) is 0 Å². The van der Waals surface area contributed by atoms with E-state index >= 15 is 0 Å². The van der Waals surface area contributed by atoms with Crippen LogP contribution in [-0.4, -0.2) is 17.9 Å². The van der Waals surface area contributed by atoms with Crippen LogP contribution in [0.2, 0.25) is 0 Å². The first kappa shape index (κ1) is 14.9. The maximum absolute atomic E-state index is 12.8. The van der Waals surface area contributed by atoms with Gasteiger partial charge in [-0.05, 0) is 68.6 Å². The Balaban J connectivity index is 1.71. The van der Waals surface area contributed by atoms with E-state index in [0.29, 0.717) is 24.2 Å². The Labute approximate surface area is 126 Å². The van der Waals surface area contributed by atoms with Crippen LogP contribution in [0.5, 0.6) is 0 Å². The Bertz CT molecular complexity index is 408. The highest BCUT2D eigenvalue weighted by Crippen LogP contribution is 2.60. The van der Waals surface area contributed by atoms with Crippen molar-refractivity contribution >= 4 is 11.9 Å². The predicted molar refractivity (Wildman–Crippen MR) is 77.0 cm³/mol. The van der Waals surface area contributed by atoms with Gasteiger partial charge in [-0.25, -0.2) is 0 Å². The molecule has 4 nitrogen and oxygen atoms in total. The van der Waals surface area contributed by atoms with E-state index in [0.717, 1.165) is 19.3 Å². The molecule has 4 fully saturated rings. The summed E-state index contributed by atoms with van der Waals surface area (Å²) in [6.07, 6.45) is 7.18. The van der Waals surface area contributed by atoms with Crippen molar-refractivity contribution in [1.29, 1.82) is 0 Å². The molecule has 118 valence electrons. The minimum Gasteiger partial charge on any atom is -0.548 e. The number of carbonyl (C=O) groups excluding carboxylic acids is 2. The summed E-state index contributed by atoms with van der Waals surface area (Å²) in [6.45, 7) is 3.93. The lowest BCUT2D eigenvalue weighted by Crippen LogP contribution is -2.58. The summed E-state index contributed by atoms with van der Waals surface area (Å²) >= 11 is 0. The third-order valence-corrected chi connectivity index (χ3v) is 5.82. The smallest absolute Gasteiger partial charge is 0.226 e. The molecule has 0 aromatic carbocycles. The Kier molecular flexibility index (Phi) is 3.74. The molecule has 4 aliphatic rings. The lowest BCUT2D eigenvalue weighted by atomic mass is 9.49. The summed E-state index contributed by atoms with van der Waals surface area (Å²) in [5.41, 5.74) is -0.278. The minimum atomic E-state index is -1.15. The largest absolute Gasteiger partial charge is 0.548 e. The molecule has 0 unspecified atom stereocenters. The van der Waals surface area contributed by atoms with Crippen LogP contribution in [0.25, 0.3) is 0 Å². The molecule has 1 N–H and O–H groups in total. The fourth-order valence-electron chi connectivity index (χ4n) is 5.39. The van der Waals surface area contributed by atoms with Crippen LogP contribution in [0.15, 0.2) is 0 Å². The Morgan fingerprint density at radius 2 is 1.57 bits per heavy atom. The van der Waals surface area contributed by atoms with E-state index in [1.807, 2.05) is 13.8 Å². The second kappa shape index (κ2) is 5.29. The summed E-state index contributed by atoms with van der Waals surface area (Å²) in [7, 11) is 0. The molecule has 1 atom stereocenters. The van der Waals surface area contributed by atoms with Crippen LogP contribution in [0.3, 0.4) is 0 Å². The summed E-state index contributed by atoms with van der Waals surface area (Å²) in [4.78, 5) is 24.1. The average molecular weight is 292 g/mol. The van der Waals surface area contributed by atoms with E-state index < -0.39 is 12.0 Å². The highest BCUT2D eigenvalue weighted by Gasteiger charge is 2.54. The fraction of sp³-hybridized carbons (Fsp3) is 0.882. The van der Waals surface area contributed by atoms with E-state index in [1.165, 1.54) is 19.3 Å². The summed E-state index contributed by atoms with van der Waals surface area (Å²) < 4.78 is 0. The minimum absolute atomic E-state index is 0.0172. The number of rotatable bonds is 5. The van der Waals surface area contributed by atoms with E-state index in [-0.39, 0.29) is 17.2 Å². The standard InChI is InChI=1S/C17H27NO3/c1-10(2)3-14(15(19)20)18-16(21)17-7-11-4-12(8-17)6-13(5-11)9-17/h10-14H,3-9H2,1-2H3,(H,18,21)(H,19,20)/p-1/t11?,12?,13?,14-,17?/m1/s1. The van der Waals surface area contributed by atoms with Gasteiger partial charge in [0.25, 0.3) is 0 Å². The lowest BCUT2D eigenvalue weighted by Gasteiger charge is -2.55. The molecule has 0 spiro atoms. The summed E-state index contributed by atoms with van der Waals surface area (Å²) in [5, 5.41) is 14.1. The molecule has 4 aliphatic carbocycles. The quantitative estimate of drug-likeness (QED) is 0.834. The first-order valence-corrected chi connectivity index (χ1v) is 8.40.